The van der Waals surface area contributed by atoms with Gasteiger partial charge in [0, 0.05) is 6.42 Å². The van der Waals surface area contributed by atoms with Crippen molar-refractivity contribution in [3.05, 3.63) is 0 Å². The summed E-state index contributed by atoms with van der Waals surface area (Å²) in [6.07, 6.45) is 11.3. The Morgan fingerprint density at radius 1 is 1.29 bits per heavy atom. The monoisotopic (exact) mass is 237 g/mol. The highest BCUT2D eigenvalue weighted by molar-refractivity contribution is 5.80. The van der Waals surface area contributed by atoms with Gasteiger partial charge in [0.05, 0.1) is 6.54 Å². The predicted octanol–water partition coefficient (Wildman–Crippen LogP) is 1.25. The lowest BCUT2D eigenvalue weighted by atomic mass is 9.87. The van der Waals surface area contributed by atoms with Gasteiger partial charge in [-0.25, -0.2) is 0 Å². The average Bonchev–Trinajstić information content (AvgIpc) is 2.35. The lowest BCUT2D eigenvalue weighted by molar-refractivity contribution is -0.149. The van der Waals surface area contributed by atoms with Crippen LogP contribution in [-0.4, -0.2) is 25.0 Å². The van der Waals surface area contributed by atoms with Crippen molar-refractivity contribution in [1.29, 1.82) is 0 Å². The first-order chi connectivity index (χ1) is 8.22. The topological polar surface area (TPSA) is 55.4 Å². The van der Waals surface area contributed by atoms with Gasteiger partial charge in [-0.2, -0.15) is 0 Å². The molecule has 0 atom stereocenters. The fourth-order valence-electron chi connectivity index (χ4n) is 2.03. The molecule has 0 saturated heterocycles. The minimum Gasteiger partial charge on any atom is -0.456 e. The van der Waals surface area contributed by atoms with E-state index in [0.717, 1.165) is 12.8 Å². The van der Waals surface area contributed by atoms with E-state index in [0.29, 0.717) is 12.3 Å². The molecule has 1 aliphatic rings. The molecule has 0 spiro atoms. The number of terminal acetylenes is 1. The van der Waals surface area contributed by atoms with Gasteiger partial charge in [-0.15, -0.1) is 6.42 Å². The molecular weight excluding hydrogens is 218 g/mol. The highest BCUT2D eigenvalue weighted by atomic mass is 16.5. The maximum atomic E-state index is 11.4. The van der Waals surface area contributed by atoms with Crippen LogP contribution in [0.5, 0.6) is 0 Å². The average molecular weight is 237 g/mol. The van der Waals surface area contributed by atoms with Gasteiger partial charge in [0.15, 0.2) is 6.61 Å². The molecule has 0 unspecified atom stereocenters. The van der Waals surface area contributed by atoms with Gasteiger partial charge in [0.2, 0.25) is 0 Å². The van der Waals surface area contributed by atoms with Crippen molar-refractivity contribution >= 4 is 11.9 Å². The molecule has 0 aromatic rings. The van der Waals surface area contributed by atoms with E-state index in [1.165, 1.54) is 19.3 Å². The minimum atomic E-state index is -0.347. The summed E-state index contributed by atoms with van der Waals surface area (Å²) in [5.74, 6) is 2.08. The zero-order valence-corrected chi connectivity index (χ0v) is 10.0. The van der Waals surface area contributed by atoms with Crippen molar-refractivity contribution in [2.45, 2.75) is 38.5 Å². The van der Waals surface area contributed by atoms with Gasteiger partial charge in [0.25, 0.3) is 5.91 Å². The summed E-state index contributed by atoms with van der Waals surface area (Å²) >= 11 is 0. The molecule has 1 amide bonds. The van der Waals surface area contributed by atoms with Crippen LogP contribution in [0.25, 0.3) is 0 Å². The SMILES string of the molecule is C#CCNC(=O)COC(=O)CC1CCCCC1. The van der Waals surface area contributed by atoms with Crippen LogP contribution in [0.2, 0.25) is 0 Å². The van der Waals surface area contributed by atoms with Crippen molar-refractivity contribution in [1.82, 2.24) is 5.32 Å². The molecule has 1 aliphatic carbocycles. The van der Waals surface area contributed by atoms with Crippen LogP contribution >= 0.6 is 0 Å². The minimum absolute atomic E-state index is 0.166. The molecule has 1 N–H and O–H groups in total. The Balaban J connectivity index is 2.12. The maximum absolute atomic E-state index is 11.4. The fourth-order valence-corrected chi connectivity index (χ4v) is 2.03. The Kier molecular flexibility index (Phi) is 6.16. The summed E-state index contributed by atoms with van der Waals surface area (Å²) in [4.78, 5) is 22.6. The standard InChI is InChI=1S/C13H19NO3/c1-2-8-14-12(15)10-17-13(16)9-11-6-4-3-5-7-11/h1,11H,3-10H2,(H,14,15). The molecule has 1 fully saturated rings. The van der Waals surface area contributed by atoms with Gasteiger partial charge < -0.3 is 10.1 Å². The molecule has 0 aromatic heterocycles. The van der Waals surface area contributed by atoms with E-state index in [4.69, 9.17) is 11.2 Å². The second-order valence-corrected chi connectivity index (χ2v) is 4.35. The lowest BCUT2D eigenvalue weighted by Crippen LogP contribution is -2.29. The van der Waals surface area contributed by atoms with E-state index < -0.39 is 0 Å². The highest BCUT2D eigenvalue weighted by Gasteiger charge is 2.18. The van der Waals surface area contributed by atoms with Crippen LogP contribution in [-0.2, 0) is 14.3 Å². The zero-order chi connectivity index (χ0) is 12.5. The van der Waals surface area contributed by atoms with E-state index >= 15 is 0 Å². The molecule has 1 rings (SSSR count). The molecule has 1 saturated carbocycles. The first-order valence-electron chi connectivity index (χ1n) is 6.08. The third kappa shape index (κ3) is 5.96. The molecule has 0 heterocycles. The number of amides is 1. The van der Waals surface area contributed by atoms with Gasteiger partial charge in [-0.3, -0.25) is 9.59 Å². The normalized spacial score (nSPS) is 15.9. The van der Waals surface area contributed by atoms with E-state index in [1.807, 2.05) is 0 Å². The third-order valence-corrected chi connectivity index (χ3v) is 2.93. The van der Waals surface area contributed by atoms with Crippen molar-refractivity contribution < 1.29 is 14.3 Å². The maximum Gasteiger partial charge on any atom is 0.306 e. The summed E-state index contributed by atoms with van der Waals surface area (Å²) < 4.78 is 4.88. The summed E-state index contributed by atoms with van der Waals surface area (Å²) in [6, 6.07) is 0. The summed E-state index contributed by atoms with van der Waals surface area (Å²) in [6.45, 7) is -0.0633. The predicted molar refractivity (Wildman–Crippen MR) is 64.0 cm³/mol. The van der Waals surface area contributed by atoms with E-state index in [9.17, 15) is 9.59 Å². The Morgan fingerprint density at radius 2 is 2.00 bits per heavy atom. The van der Waals surface area contributed by atoms with Crippen molar-refractivity contribution in [3.8, 4) is 12.3 Å². The molecule has 17 heavy (non-hydrogen) atoms. The second-order valence-electron chi connectivity index (χ2n) is 4.35. The van der Waals surface area contributed by atoms with Gasteiger partial charge in [-0.1, -0.05) is 25.2 Å². The molecular formula is C13H19NO3. The first-order valence-corrected chi connectivity index (χ1v) is 6.08. The third-order valence-electron chi connectivity index (χ3n) is 2.93. The van der Waals surface area contributed by atoms with Crippen molar-refractivity contribution in [2.24, 2.45) is 5.92 Å². The number of hydrogen-bond donors (Lipinski definition) is 1. The Bertz CT molecular complexity index is 300. The zero-order valence-electron chi connectivity index (χ0n) is 10.0. The van der Waals surface area contributed by atoms with Crippen LogP contribution in [0.4, 0.5) is 0 Å². The summed E-state index contributed by atoms with van der Waals surface area (Å²) in [5, 5.41) is 2.44. The smallest absolute Gasteiger partial charge is 0.306 e. The van der Waals surface area contributed by atoms with Crippen LogP contribution in [0.1, 0.15) is 38.5 Å². The van der Waals surface area contributed by atoms with Crippen LogP contribution < -0.4 is 5.32 Å². The number of esters is 1. The number of nitrogens with one attached hydrogen (secondary N) is 1. The van der Waals surface area contributed by atoms with Gasteiger partial charge in [-0.05, 0) is 18.8 Å². The molecule has 0 radical (unpaired) electrons. The first kappa shape index (κ1) is 13.6. The Labute approximate surface area is 102 Å². The quantitative estimate of drug-likeness (QED) is 0.578. The molecule has 4 nitrogen and oxygen atoms in total. The number of carbonyl (C=O) groups is 2. The van der Waals surface area contributed by atoms with Crippen LogP contribution in [0.3, 0.4) is 0 Å². The fraction of sp³-hybridized carbons (Fsp3) is 0.692. The van der Waals surface area contributed by atoms with E-state index in [-0.39, 0.29) is 25.0 Å². The Hall–Kier alpha value is -1.50. The number of rotatable bonds is 5. The van der Waals surface area contributed by atoms with Crippen molar-refractivity contribution in [2.75, 3.05) is 13.2 Å². The lowest BCUT2D eigenvalue weighted by Gasteiger charge is -2.20. The largest absolute Gasteiger partial charge is 0.456 e. The molecule has 0 aliphatic heterocycles. The van der Waals surface area contributed by atoms with E-state index in [2.05, 4.69) is 11.2 Å². The van der Waals surface area contributed by atoms with Crippen LogP contribution in [0, 0.1) is 18.3 Å². The van der Waals surface area contributed by atoms with Gasteiger partial charge in [0.1, 0.15) is 0 Å². The second kappa shape index (κ2) is 7.72. The number of carbonyl (C=O) groups excluding carboxylic acids is 2. The molecule has 0 bridgehead atoms. The van der Waals surface area contributed by atoms with E-state index in [1.54, 1.807) is 0 Å². The Morgan fingerprint density at radius 3 is 2.65 bits per heavy atom. The summed E-state index contributed by atoms with van der Waals surface area (Å²) in [7, 11) is 0. The molecule has 4 heteroatoms. The van der Waals surface area contributed by atoms with Crippen molar-refractivity contribution in [3.63, 3.8) is 0 Å². The van der Waals surface area contributed by atoms with Gasteiger partial charge >= 0.3 is 5.97 Å². The summed E-state index contributed by atoms with van der Waals surface area (Å²) in [5.41, 5.74) is 0. The van der Waals surface area contributed by atoms with Crippen LogP contribution in [0.15, 0.2) is 0 Å². The highest BCUT2D eigenvalue weighted by Crippen LogP contribution is 2.26. The molecule has 94 valence electrons. The number of hydrogen-bond acceptors (Lipinski definition) is 3. The molecule has 0 aromatic carbocycles. The number of ether oxygens (including phenoxy) is 1.